The van der Waals surface area contributed by atoms with Crippen molar-refractivity contribution in [1.82, 2.24) is 15.1 Å². The van der Waals surface area contributed by atoms with Crippen molar-refractivity contribution in [2.75, 3.05) is 32.7 Å². The average molecular weight is 361 g/mol. The number of likely N-dealkylation sites (tertiary alicyclic amines) is 2. The number of piperidine rings is 2. The highest BCUT2D eigenvalue weighted by Crippen LogP contribution is 2.27. The molecule has 0 aromatic rings. The fraction of sp³-hybridized carbons (Fsp3) is 0.882. The molecule has 24 heavy (non-hydrogen) atoms. The van der Waals surface area contributed by atoms with Crippen molar-refractivity contribution >= 4 is 24.2 Å². The number of carbonyl (C=O) groups excluding carboxylic acids is 2. The second-order valence-electron chi connectivity index (χ2n) is 7.77. The Balaban J connectivity index is 0.00000288. The summed E-state index contributed by atoms with van der Waals surface area (Å²) in [6, 6.07) is -0.262. The summed E-state index contributed by atoms with van der Waals surface area (Å²) in [5, 5.41) is 2.86. The quantitative estimate of drug-likeness (QED) is 0.783. The van der Waals surface area contributed by atoms with E-state index in [0.717, 1.165) is 45.4 Å². The van der Waals surface area contributed by atoms with Gasteiger partial charge in [-0.1, -0.05) is 13.8 Å². The standard InChI is InChI=1S/C17H32N4O2.ClH/c1-13(16(23)21-8-5-4-6-9-21)19-15(22)11-20-10-7-14(18)17(2,3)12-20;/h13-14H,4-12,18H2,1-3H3,(H,19,22);1H. The Labute approximate surface area is 151 Å². The fourth-order valence-corrected chi connectivity index (χ4v) is 3.56. The van der Waals surface area contributed by atoms with E-state index in [1.54, 1.807) is 6.92 Å². The van der Waals surface area contributed by atoms with Gasteiger partial charge in [0.2, 0.25) is 11.8 Å². The van der Waals surface area contributed by atoms with Crippen LogP contribution < -0.4 is 11.1 Å². The predicted molar refractivity (Wildman–Crippen MR) is 98.1 cm³/mol. The first-order chi connectivity index (χ1) is 10.8. The number of nitrogens with zero attached hydrogens (tertiary/aromatic N) is 2. The summed E-state index contributed by atoms with van der Waals surface area (Å²) in [5.74, 6) is -0.0341. The molecule has 2 aliphatic heterocycles. The molecular weight excluding hydrogens is 328 g/mol. The van der Waals surface area contributed by atoms with Gasteiger partial charge in [-0.2, -0.15) is 0 Å². The largest absolute Gasteiger partial charge is 0.343 e. The zero-order chi connectivity index (χ0) is 17.0. The van der Waals surface area contributed by atoms with Crippen molar-refractivity contribution in [2.24, 2.45) is 11.1 Å². The molecule has 0 aromatic carbocycles. The smallest absolute Gasteiger partial charge is 0.244 e. The maximum atomic E-state index is 12.4. The van der Waals surface area contributed by atoms with Crippen LogP contribution >= 0.6 is 12.4 Å². The lowest BCUT2D eigenvalue weighted by Gasteiger charge is -2.42. The summed E-state index contributed by atoms with van der Waals surface area (Å²) >= 11 is 0. The number of rotatable bonds is 4. The third-order valence-electron chi connectivity index (χ3n) is 5.17. The number of hydrogen-bond donors (Lipinski definition) is 2. The van der Waals surface area contributed by atoms with E-state index in [9.17, 15) is 9.59 Å². The number of carbonyl (C=O) groups is 2. The molecule has 2 aliphatic rings. The Morgan fingerprint density at radius 2 is 1.83 bits per heavy atom. The Bertz CT molecular complexity index is 438. The van der Waals surface area contributed by atoms with Crippen LogP contribution in [0.3, 0.4) is 0 Å². The summed E-state index contributed by atoms with van der Waals surface area (Å²) in [7, 11) is 0. The number of hydrogen-bond acceptors (Lipinski definition) is 4. The van der Waals surface area contributed by atoms with Crippen LogP contribution in [0.25, 0.3) is 0 Å². The van der Waals surface area contributed by atoms with Crippen LogP contribution in [0.5, 0.6) is 0 Å². The van der Waals surface area contributed by atoms with E-state index in [0.29, 0.717) is 6.54 Å². The second-order valence-corrected chi connectivity index (χ2v) is 7.77. The van der Waals surface area contributed by atoms with Crippen molar-refractivity contribution in [1.29, 1.82) is 0 Å². The van der Waals surface area contributed by atoms with E-state index in [1.165, 1.54) is 6.42 Å². The highest BCUT2D eigenvalue weighted by molar-refractivity contribution is 5.88. The van der Waals surface area contributed by atoms with E-state index in [-0.39, 0.29) is 35.7 Å². The highest BCUT2D eigenvalue weighted by atomic mass is 35.5. The monoisotopic (exact) mass is 360 g/mol. The Morgan fingerprint density at radius 3 is 2.42 bits per heavy atom. The van der Waals surface area contributed by atoms with Crippen LogP contribution in [0.2, 0.25) is 0 Å². The van der Waals surface area contributed by atoms with Gasteiger partial charge in [0.25, 0.3) is 0 Å². The second kappa shape index (κ2) is 9.02. The first kappa shape index (κ1) is 21.2. The van der Waals surface area contributed by atoms with Crippen LogP contribution in [0.15, 0.2) is 0 Å². The Hall–Kier alpha value is -0.850. The van der Waals surface area contributed by atoms with Crippen molar-refractivity contribution in [3.63, 3.8) is 0 Å². The van der Waals surface area contributed by atoms with Gasteiger partial charge < -0.3 is 16.0 Å². The van der Waals surface area contributed by atoms with Gasteiger partial charge in [-0.25, -0.2) is 0 Å². The maximum Gasteiger partial charge on any atom is 0.244 e. The molecule has 6 nitrogen and oxygen atoms in total. The maximum absolute atomic E-state index is 12.4. The molecule has 140 valence electrons. The SMILES string of the molecule is CC(NC(=O)CN1CCC(N)C(C)(C)C1)C(=O)N1CCCCC1.Cl. The van der Waals surface area contributed by atoms with E-state index < -0.39 is 6.04 Å². The summed E-state index contributed by atoms with van der Waals surface area (Å²) in [6.07, 6.45) is 4.23. The number of halogens is 1. The molecule has 2 atom stereocenters. The van der Waals surface area contributed by atoms with Gasteiger partial charge in [-0.15, -0.1) is 12.4 Å². The van der Waals surface area contributed by atoms with Crippen LogP contribution in [-0.4, -0.2) is 66.4 Å². The van der Waals surface area contributed by atoms with Gasteiger partial charge in [0.1, 0.15) is 6.04 Å². The topological polar surface area (TPSA) is 78.7 Å². The Morgan fingerprint density at radius 1 is 1.21 bits per heavy atom. The lowest BCUT2D eigenvalue weighted by molar-refractivity contribution is -0.137. The van der Waals surface area contributed by atoms with Gasteiger partial charge in [0.05, 0.1) is 6.54 Å². The molecule has 3 N–H and O–H groups in total. The minimum absolute atomic E-state index is 0. The van der Waals surface area contributed by atoms with Crippen LogP contribution in [0, 0.1) is 5.41 Å². The summed E-state index contributed by atoms with van der Waals surface area (Å²) < 4.78 is 0. The molecule has 0 spiro atoms. The third-order valence-corrected chi connectivity index (χ3v) is 5.17. The molecule has 2 unspecified atom stereocenters. The van der Waals surface area contributed by atoms with Gasteiger partial charge in [-0.05, 0) is 38.0 Å². The molecule has 2 amide bonds. The first-order valence-corrected chi connectivity index (χ1v) is 8.86. The Kier molecular flexibility index (Phi) is 7.96. The average Bonchev–Trinajstić information content (AvgIpc) is 2.50. The third kappa shape index (κ3) is 5.60. The molecule has 0 aromatic heterocycles. The van der Waals surface area contributed by atoms with Gasteiger partial charge in [0, 0.05) is 32.2 Å². The molecule has 2 fully saturated rings. The fourth-order valence-electron chi connectivity index (χ4n) is 3.56. The summed E-state index contributed by atoms with van der Waals surface area (Å²) in [5.41, 5.74) is 6.15. The molecule has 7 heteroatoms. The highest BCUT2D eigenvalue weighted by Gasteiger charge is 2.34. The van der Waals surface area contributed by atoms with Crippen molar-refractivity contribution < 1.29 is 9.59 Å². The number of nitrogens with two attached hydrogens (primary N) is 1. The molecule has 2 heterocycles. The predicted octanol–water partition coefficient (Wildman–Crippen LogP) is 0.985. The normalized spacial score (nSPS) is 25.5. The molecule has 0 saturated carbocycles. The van der Waals surface area contributed by atoms with E-state index in [2.05, 4.69) is 24.1 Å². The number of nitrogens with one attached hydrogen (secondary N) is 1. The van der Waals surface area contributed by atoms with Gasteiger partial charge in [0.15, 0.2) is 0 Å². The van der Waals surface area contributed by atoms with Crippen molar-refractivity contribution in [2.45, 2.75) is 58.5 Å². The summed E-state index contributed by atoms with van der Waals surface area (Å²) in [6.45, 7) is 9.70. The lowest BCUT2D eigenvalue weighted by atomic mass is 9.80. The van der Waals surface area contributed by atoms with Crippen LogP contribution in [0.4, 0.5) is 0 Å². The first-order valence-electron chi connectivity index (χ1n) is 8.86. The van der Waals surface area contributed by atoms with E-state index in [1.807, 2.05) is 4.90 Å². The van der Waals surface area contributed by atoms with Crippen LogP contribution in [0.1, 0.15) is 46.5 Å². The molecule has 0 radical (unpaired) electrons. The number of amides is 2. The van der Waals surface area contributed by atoms with Crippen molar-refractivity contribution in [3.05, 3.63) is 0 Å². The molecule has 2 rings (SSSR count). The van der Waals surface area contributed by atoms with Crippen LogP contribution in [-0.2, 0) is 9.59 Å². The van der Waals surface area contributed by atoms with E-state index >= 15 is 0 Å². The van der Waals surface area contributed by atoms with Gasteiger partial charge >= 0.3 is 0 Å². The minimum Gasteiger partial charge on any atom is -0.343 e. The summed E-state index contributed by atoms with van der Waals surface area (Å²) in [4.78, 5) is 28.6. The zero-order valence-corrected chi connectivity index (χ0v) is 16.0. The van der Waals surface area contributed by atoms with E-state index in [4.69, 9.17) is 5.73 Å². The lowest BCUT2D eigenvalue weighted by Crippen LogP contribution is -2.55. The molecule has 0 bridgehead atoms. The van der Waals surface area contributed by atoms with Crippen molar-refractivity contribution in [3.8, 4) is 0 Å². The zero-order valence-electron chi connectivity index (χ0n) is 15.2. The van der Waals surface area contributed by atoms with Gasteiger partial charge in [-0.3, -0.25) is 14.5 Å². The molecule has 2 saturated heterocycles. The molecule has 0 aliphatic carbocycles. The molecular formula is C17H33ClN4O2. The minimum atomic E-state index is -0.444.